The third-order valence-electron chi connectivity index (χ3n) is 1.13. The Morgan fingerprint density at radius 1 is 1.54 bits per heavy atom. The quantitative estimate of drug-likeness (QED) is 0.758. The van der Waals surface area contributed by atoms with Crippen LogP contribution in [-0.4, -0.2) is 28.3 Å². The second-order valence-electron chi connectivity index (χ2n) is 2.00. The molecule has 0 unspecified atom stereocenters. The van der Waals surface area contributed by atoms with Crippen LogP contribution < -0.4 is 0 Å². The number of carbonyl (C=O) groups is 2. The van der Waals surface area contributed by atoms with E-state index in [1.807, 2.05) is 0 Å². The van der Waals surface area contributed by atoms with Crippen molar-refractivity contribution in [2.45, 2.75) is 6.43 Å². The van der Waals surface area contributed by atoms with Gasteiger partial charge in [0.2, 0.25) is 0 Å². The maximum atomic E-state index is 11.8. The second kappa shape index (κ2) is 3.56. The first-order chi connectivity index (χ1) is 6.02. The summed E-state index contributed by atoms with van der Waals surface area (Å²) in [5, 5.41) is 7.91. The van der Waals surface area contributed by atoms with Gasteiger partial charge in [-0.2, -0.15) is 0 Å². The number of hydrogen-bond acceptors (Lipinski definition) is 4. The number of aromatic nitrogens is 1. The summed E-state index contributed by atoms with van der Waals surface area (Å²) in [7, 11) is 0. The van der Waals surface area contributed by atoms with E-state index < -0.39 is 23.2 Å². The predicted molar refractivity (Wildman–Crippen MR) is 39.4 cm³/mol. The first kappa shape index (κ1) is 9.72. The van der Waals surface area contributed by atoms with E-state index in [2.05, 4.69) is 4.98 Å². The Kier molecular flexibility index (Phi) is 2.66. The molecule has 0 atom stereocenters. The molecular weight excluding hydrogens is 204 g/mol. The number of rotatable bonds is 3. The summed E-state index contributed by atoms with van der Waals surface area (Å²) < 4.78 is 23.6. The number of halogens is 2. The maximum absolute atomic E-state index is 11.8. The lowest BCUT2D eigenvalue weighted by atomic mass is 10.4. The van der Waals surface area contributed by atoms with Crippen LogP contribution in [0.1, 0.15) is 19.5 Å². The second-order valence-corrected chi connectivity index (χ2v) is 3.03. The molecule has 1 aromatic rings. The number of carboxylic acids is 1. The lowest BCUT2D eigenvalue weighted by Gasteiger charge is -1.90. The lowest BCUT2D eigenvalue weighted by molar-refractivity contribution is 0.0677. The summed E-state index contributed by atoms with van der Waals surface area (Å²) in [5.41, 5.74) is 0. The van der Waals surface area contributed by atoms with E-state index in [1.165, 1.54) is 0 Å². The first-order valence-corrected chi connectivity index (χ1v) is 3.85. The molecule has 13 heavy (non-hydrogen) atoms. The van der Waals surface area contributed by atoms with Crippen LogP contribution in [0.3, 0.4) is 0 Å². The molecule has 0 aliphatic carbocycles. The topological polar surface area (TPSA) is 67.3 Å². The fraction of sp³-hybridized carbons (Fsp3) is 0.167. The van der Waals surface area contributed by atoms with Gasteiger partial charge in [0, 0.05) is 0 Å². The highest BCUT2D eigenvalue weighted by atomic mass is 32.1. The number of nitrogens with zero attached hydrogens (tertiary/aromatic N) is 1. The SMILES string of the molecule is O=C(O)c1cnc(C(=O)C(F)F)s1. The van der Waals surface area contributed by atoms with Gasteiger partial charge in [-0.1, -0.05) is 0 Å². The number of alkyl halides is 2. The highest BCUT2D eigenvalue weighted by Gasteiger charge is 2.22. The molecule has 1 N–H and O–H groups in total. The van der Waals surface area contributed by atoms with Crippen LogP contribution >= 0.6 is 11.3 Å². The molecule has 0 aliphatic rings. The molecular formula is C6H3F2NO3S. The molecule has 1 aromatic heterocycles. The maximum Gasteiger partial charge on any atom is 0.347 e. The fourth-order valence-corrected chi connectivity index (χ4v) is 1.28. The minimum atomic E-state index is -3.15. The summed E-state index contributed by atoms with van der Waals surface area (Å²) in [6.07, 6.45) is -2.27. The van der Waals surface area contributed by atoms with Crippen LogP contribution in [0.4, 0.5) is 8.78 Å². The number of hydrogen-bond donors (Lipinski definition) is 1. The number of carbonyl (C=O) groups excluding carboxylic acids is 1. The number of ketones is 1. The summed E-state index contributed by atoms with van der Waals surface area (Å²) >= 11 is 0.437. The predicted octanol–water partition coefficient (Wildman–Crippen LogP) is 1.29. The first-order valence-electron chi connectivity index (χ1n) is 3.04. The standard InChI is InChI=1S/C6H3F2NO3S/c7-4(8)3(10)5-9-1-2(13-5)6(11)12/h1,4H,(H,11,12). The monoisotopic (exact) mass is 207 g/mol. The molecule has 70 valence electrons. The van der Waals surface area contributed by atoms with E-state index >= 15 is 0 Å². The fourth-order valence-electron chi connectivity index (χ4n) is 0.580. The normalized spacial score (nSPS) is 10.4. The number of thiazole rings is 1. The molecule has 1 rings (SSSR count). The molecule has 0 saturated carbocycles. The zero-order chi connectivity index (χ0) is 10.0. The minimum Gasteiger partial charge on any atom is -0.477 e. The summed E-state index contributed by atoms with van der Waals surface area (Å²) in [5.74, 6) is -2.73. The van der Waals surface area contributed by atoms with Crippen molar-refractivity contribution >= 4 is 23.1 Å². The summed E-state index contributed by atoms with van der Waals surface area (Å²) in [6, 6.07) is 0. The van der Waals surface area contributed by atoms with Gasteiger partial charge in [0.15, 0.2) is 5.01 Å². The molecule has 0 fully saturated rings. The van der Waals surface area contributed by atoms with Crippen LogP contribution in [0.5, 0.6) is 0 Å². The van der Waals surface area contributed by atoms with Gasteiger partial charge >= 0.3 is 12.4 Å². The van der Waals surface area contributed by atoms with Crippen molar-refractivity contribution in [1.82, 2.24) is 4.98 Å². The van der Waals surface area contributed by atoms with E-state index in [4.69, 9.17) is 5.11 Å². The van der Waals surface area contributed by atoms with Gasteiger partial charge < -0.3 is 5.11 Å². The zero-order valence-corrected chi connectivity index (χ0v) is 6.85. The average Bonchev–Trinajstić information content (AvgIpc) is 2.50. The van der Waals surface area contributed by atoms with Gasteiger partial charge in [0.05, 0.1) is 6.20 Å². The van der Waals surface area contributed by atoms with Crippen molar-refractivity contribution in [1.29, 1.82) is 0 Å². The van der Waals surface area contributed by atoms with Crippen molar-refractivity contribution in [3.8, 4) is 0 Å². The van der Waals surface area contributed by atoms with Gasteiger partial charge in [0.1, 0.15) is 4.88 Å². The number of carboxylic acid groups (broad SMARTS) is 1. The minimum absolute atomic E-state index is 0.232. The molecule has 7 heteroatoms. The van der Waals surface area contributed by atoms with Crippen molar-refractivity contribution in [2.75, 3.05) is 0 Å². The van der Waals surface area contributed by atoms with Gasteiger partial charge in [0.25, 0.3) is 5.78 Å². The highest BCUT2D eigenvalue weighted by Crippen LogP contribution is 2.15. The molecule has 0 aromatic carbocycles. The molecule has 0 bridgehead atoms. The van der Waals surface area contributed by atoms with Crippen LogP contribution in [-0.2, 0) is 0 Å². The number of aromatic carboxylic acids is 1. The Morgan fingerprint density at radius 2 is 2.15 bits per heavy atom. The van der Waals surface area contributed by atoms with Crippen molar-refractivity contribution in [3.05, 3.63) is 16.1 Å². The Labute approximate surface area is 74.8 Å². The van der Waals surface area contributed by atoms with Crippen LogP contribution in [0, 0.1) is 0 Å². The molecule has 0 saturated heterocycles. The molecule has 0 amide bonds. The smallest absolute Gasteiger partial charge is 0.347 e. The van der Waals surface area contributed by atoms with E-state index in [-0.39, 0.29) is 4.88 Å². The van der Waals surface area contributed by atoms with E-state index in [1.54, 1.807) is 0 Å². The number of Topliss-reactive ketones (excluding diaryl/α,β-unsaturated/α-hetero) is 1. The molecule has 0 radical (unpaired) electrons. The van der Waals surface area contributed by atoms with Crippen molar-refractivity contribution in [2.24, 2.45) is 0 Å². The van der Waals surface area contributed by atoms with Crippen molar-refractivity contribution in [3.63, 3.8) is 0 Å². The lowest BCUT2D eigenvalue weighted by Crippen LogP contribution is -2.09. The van der Waals surface area contributed by atoms with Crippen LogP contribution in [0.2, 0.25) is 0 Å². The largest absolute Gasteiger partial charge is 0.477 e. The highest BCUT2D eigenvalue weighted by molar-refractivity contribution is 7.15. The zero-order valence-electron chi connectivity index (χ0n) is 6.03. The van der Waals surface area contributed by atoms with Crippen molar-refractivity contribution < 1.29 is 23.5 Å². The van der Waals surface area contributed by atoms with E-state index in [0.717, 1.165) is 6.20 Å². The van der Waals surface area contributed by atoms with Gasteiger partial charge in [-0.25, -0.2) is 18.6 Å². The van der Waals surface area contributed by atoms with E-state index in [0.29, 0.717) is 11.3 Å². The molecule has 0 spiro atoms. The van der Waals surface area contributed by atoms with Gasteiger partial charge in [-0.3, -0.25) is 4.79 Å². The van der Waals surface area contributed by atoms with Crippen LogP contribution in [0.15, 0.2) is 6.20 Å². The van der Waals surface area contributed by atoms with Gasteiger partial charge in [-0.15, -0.1) is 11.3 Å². The summed E-state index contributed by atoms with van der Waals surface area (Å²) in [4.78, 5) is 23.9. The average molecular weight is 207 g/mol. The molecule has 0 aliphatic heterocycles. The summed E-state index contributed by atoms with van der Waals surface area (Å²) in [6.45, 7) is 0. The van der Waals surface area contributed by atoms with Gasteiger partial charge in [-0.05, 0) is 0 Å². The molecule has 1 heterocycles. The van der Waals surface area contributed by atoms with Crippen LogP contribution in [0.25, 0.3) is 0 Å². The van der Waals surface area contributed by atoms with E-state index in [9.17, 15) is 18.4 Å². The molecule has 4 nitrogen and oxygen atoms in total. The Bertz CT molecular complexity index is 349. The Hall–Kier alpha value is -1.37. The Morgan fingerprint density at radius 3 is 2.54 bits per heavy atom. The third-order valence-corrected chi connectivity index (χ3v) is 2.13. The Balaban J connectivity index is 2.92. The third kappa shape index (κ3) is 2.05.